The van der Waals surface area contributed by atoms with Gasteiger partial charge >= 0.3 is 0 Å². The summed E-state index contributed by atoms with van der Waals surface area (Å²) >= 11 is 0. The summed E-state index contributed by atoms with van der Waals surface area (Å²) in [5, 5.41) is 1.13. The van der Waals surface area contributed by atoms with Crippen LogP contribution in [0.4, 0.5) is 5.69 Å². The Morgan fingerprint density at radius 2 is 1.65 bits per heavy atom. The number of aromatic nitrogens is 1. The normalized spacial score (nSPS) is 15.3. The first-order valence-electron chi connectivity index (χ1n) is 9.39. The molecule has 26 heavy (non-hydrogen) atoms. The molecule has 134 valence electrons. The van der Waals surface area contributed by atoms with Crippen LogP contribution in [0.2, 0.25) is 0 Å². The van der Waals surface area contributed by atoms with Gasteiger partial charge in [-0.2, -0.15) is 0 Å². The van der Waals surface area contributed by atoms with Gasteiger partial charge in [-0.05, 0) is 30.7 Å². The minimum absolute atomic E-state index is 0.731. The van der Waals surface area contributed by atoms with Crippen molar-refractivity contribution in [2.45, 2.75) is 6.42 Å². The highest BCUT2D eigenvalue weighted by atomic mass is 16.5. The topological polar surface area (TPSA) is 28.6 Å². The van der Waals surface area contributed by atoms with E-state index in [0.29, 0.717) is 0 Å². The smallest absolute Gasteiger partial charge is 0.145 e. The van der Waals surface area contributed by atoms with Crippen molar-refractivity contribution >= 4 is 16.6 Å². The second-order valence-corrected chi connectivity index (χ2v) is 6.70. The molecule has 0 atom stereocenters. The van der Waals surface area contributed by atoms with E-state index >= 15 is 0 Å². The lowest BCUT2D eigenvalue weighted by Crippen LogP contribution is -2.46. The van der Waals surface area contributed by atoms with Crippen molar-refractivity contribution in [2.75, 3.05) is 44.2 Å². The Kier molecular flexibility index (Phi) is 5.31. The van der Waals surface area contributed by atoms with Crippen LogP contribution < -0.4 is 9.64 Å². The molecule has 4 nitrogen and oxygen atoms in total. The molecule has 0 spiro atoms. The third kappa shape index (κ3) is 3.97. The van der Waals surface area contributed by atoms with E-state index in [-0.39, 0.29) is 0 Å². The molecular weight excluding hydrogens is 322 g/mol. The van der Waals surface area contributed by atoms with Crippen molar-refractivity contribution in [1.29, 1.82) is 0 Å². The van der Waals surface area contributed by atoms with Crippen molar-refractivity contribution in [3.05, 3.63) is 66.9 Å². The summed E-state index contributed by atoms with van der Waals surface area (Å²) in [5.41, 5.74) is 2.28. The zero-order valence-electron chi connectivity index (χ0n) is 15.1. The zero-order chi connectivity index (χ0) is 17.6. The summed E-state index contributed by atoms with van der Waals surface area (Å²) in [4.78, 5) is 9.44. The molecular formula is C22H25N3O. The molecule has 0 saturated carbocycles. The van der Waals surface area contributed by atoms with Crippen LogP contribution in [-0.2, 0) is 0 Å². The number of pyridine rings is 1. The third-order valence-corrected chi connectivity index (χ3v) is 4.97. The van der Waals surface area contributed by atoms with Gasteiger partial charge in [0, 0.05) is 50.0 Å². The minimum atomic E-state index is 0.731. The number of ether oxygens (including phenoxy) is 1. The van der Waals surface area contributed by atoms with E-state index in [1.807, 2.05) is 24.4 Å². The molecule has 1 aliphatic rings. The number of piperazine rings is 1. The Morgan fingerprint density at radius 1 is 0.846 bits per heavy atom. The molecule has 1 aromatic heterocycles. The maximum absolute atomic E-state index is 6.00. The molecule has 3 aromatic rings. The minimum Gasteiger partial charge on any atom is -0.491 e. The van der Waals surface area contributed by atoms with Crippen molar-refractivity contribution < 1.29 is 4.74 Å². The number of anilines is 1. The van der Waals surface area contributed by atoms with Gasteiger partial charge in [0.1, 0.15) is 11.3 Å². The Morgan fingerprint density at radius 3 is 2.50 bits per heavy atom. The molecule has 1 aliphatic heterocycles. The molecule has 1 fully saturated rings. The molecule has 2 heterocycles. The van der Waals surface area contributed by atoms with Gasteiger partial charge in [-0.1, -0.05) is 36.4 Å². The van der Waals surface area contributed by atoms with E-state index in [1.54, 1.807) is 0 Å². The first kappa shape index (κ1) is 16.9. The van der Waals surface area contributed by atoms with Gasteiger partial charge in [0.2, 0.25) is 0 Å². The van der Waals surface area contributed by atoms with Crippen LogP contribution in [0, 0.1) is 0 Å². The van der Waals surface area contributed by atoms with Crippen LogP contribution in [0.1, 0.15) is 6.42 Å². The van der Waals surface area contributed by atoms with Crippen LogP contribution in [0.15, 0.2) is 66.9 Å². The van der Waals surface area contributed by atoms with E-state index in [0.717, 1.165) is 62.4 Å². The zero-order valence-corrected chi connectivity index (χ0v) is 15.1. The maximum Gasteiger partial charge on any atom is 0.145 e. The standard InChI is InChI=1S/C22H25N3O/c1-2-9-20(10-3-1)25-16-14-24(15-17-25)13-6-18-26-21-11-4-7-19-8-5-12-23-22(19)21/h1-5,7-12H,6,13-18H2. The number of hydrogen-bond acceptors (Lipinski definition) is 4. The molecule has 0 aliphatic carbocycles. The summed E-state index contributed by atoms with van der Waals surface area (Å²) < 4.78 is 6.00. The van der Waals surface area contributed by atoms with Crippen LogP contribution >= 0.6 is 0 Å². The number of hydrogen-bond donors (Lipinski definition) is 0. The highest BCUT2D eigenvalue weighted by molar-refractivity contribution is 5.84. The molecule has 0 amide bonds. The number of rotatable bonds is 6. The Balaban J connectivity index is 1.22. The number of fused-ring (bicyclic) bond motifs is 1. The highest BCUT2D eigenvalue weighted by Crippen LogP contribution is 2.23. The van der Waals surface area contributed by atoms with Gasteiger partial charge in [-0.25, -0.2) is 0 Å². The fourth-order valence-corrected chi connectivity index (χ4v) is 3.53. The predicted molar refractivity (Wildman–Crippen MR) is 107 cm³/mol. The van der Waals surface area contributed by atoms with E-state index < -0.39 is 0 Å². The van der Waals surface area contributed by atoms with E-state index in [2.05, 4.69) is 57.2 Å². The van der Waals surface area contributed by atoms with Crippen molar-refractivity contribution in [3.8, 4) is 5.75 Å². The third-order valence-electron chi connectivity index (χ3n) is 4.97. The number of para-hydroxylation sites is 2. The summed E-state index contributed by atoms with van der Waals surface area (Å²) in [6.45, 7) is 6.24. The van der Waals surface area contributed by atoms with Crippen LogP contribution in [0.5, 0.6) is 5.75 Å². The summed E-state index contributed by atoms with van der Waals surface area (Å²) in [5.74, 6) is 0.886. The largest absolute Gasteiger partial charge is 0.491 e. The van der Waals surface area contributed by atoms with E-state index in [9.17, 15) is 0 Å². The monoisotopic (exact) mass is 347 g/mol. The SMILES string of the molecule is c1ccc(N2CCN(CCCOc3cccc4cccnc34)CC2)cc1. The highest BCUT2D eigenvalue weighted by Gasteiger charge is 2.16. The fourth-order valence-electron chi connectivity index (χ4n) is 3.53. The van der Waals surface area contributed by atoms with Crippen molar-refractivity contribution in [3.63, 3.8) is 0 Å². The second-order valence-electron chi connectivity index (χ2n) is 6.70. The lowest BCUT2D eigenvalue weighted by atomic mass is 10.2. The predicted octanol–water partition coefficient (Wildman–Crippen LogP) is 3.83. The first-order chi connectivity index (χ1) is 12.9. The molecule has 0 N–H and O–H groups in total. The molecule has 0 unspecified atom stereocenters. The molecule has 4 heteroatoms. The van der Waals surface area contributed by atoms with Crippen molar-refractivity contribution in [2.24, 2.45) is 0 Å². The van der Waals surface area contributed by atoms with Crippen LogP contribution in [0.25, 0.3) is 10.9 Å². The van der Waals surface area contributed by atoms with Gasteiger partial charge in [-0.3, -0.25) is 9.88 Å². The van der Waals surface area contributed by atoms with E-state index in [4.69, 9.17) is 4.74 Å². The lowest BCUT2D eigenvalue weighted by Gasteiger charge is -2.36. The van der Waals surface area contributed by atoms with Gasteiger partial charge in [0.15, 0.2) is 0 Å². The molecule has 0 radical (unpaired) electrons. The van der Waals surface area contributed by atoms with E-state index in [1.165, 1.54) is 5.69 Å². The lowest BCUT2D eigenvalue weighted by molar-refractivity contribution is 0.225. The summed E-state index contributed by atoms with van der Waals surface area (Å²) in [6, 6.07) is 20.8. The number of benzene rings is 2. The Bertz CT molecular complexity index is 824. The fraction of sp³-hybridized carbons (Fsp3) is 0.318. The average Bonchev–Trinajstić information content (AvgIpc) is 2.72. The van der Waals surface area contributed by atoms with Gasteiger partial charge in [0.05, 0.1) is 6.61 Å². The number of nitrogens with zero attached hydrogens (tertiary/aromatic N) is 3. The summed E-state index contributed by atoms with van der Waals surface area (Å²) in [7, 11) is 0. The molecule has 1 saturated heterocycles. The average molecular weight is 347 g/mol. The van der Waals surface area contributed by atoms with Gasteiger partial charge in [0.25, 0.3) is 0 Å². The van der Waals surface area contributed by atoms with Crippen LogP contribution in [0.3, 0.4) is 0 Å². The summed E-state index contributed by atoms with van der Waals surface area (Å²) in [6.07, 6.45) is 2.86. The van der Waals surface area contributed by atoms with Crippen molar-refractivity contribution in [1.82, 2.24) is 9.88 Å². The maximum atomic E-state index is 6.00. The Hall–Kier alpha value is -2.59. The molecule has 4 rings (SSSR count). The first-order valence-corrected chi connectivity index (χ1v) is 9.39. The van der Waals surface area contributed by atoms with Gasteiger partial charge < -0.3 is 9.64 Å². The second kappa shape index (κ2) is 8.19. The van der Waals surface area contributed by atoms with Crippen LogP contribution in [-0.4, -0.2) is 49.2 Å². The van der Waals surface area contributed by atoms with Gasteiger partial charge in [-0.15, -0.1) is 0 Å². The Labute approximate surface area is 155 Å². The molecule has 2 aromatic carbocycles. The molecule has 0 bridgehead atoms. The quantitative estimate of drug-likeness (QED) is 0.634.